The van der Waals surface area contributed by atoms with E-state index in [1.807, 2.05) is 55.6 Å². The predicted molar refractivity (Wildman–Crippen MR) is 117 cm³/mol. The smallest absolute Gasteiger partial charge is 0.176 e. The molecule has 0 radical (unpaired) electrons. The van der Waals surface area contributed by atoms with E-state index in [-0.39, 0.29) is 0 Å². The van der Waals surface area contributed by atoms with Gasteiger partial charge in [-0.3, -0.25) is 4.68 Å². The molecule has 0 aliphatic rings. The molecule has 3 rings (SSSR count). The molecule has 0 amide bonds. The van der Waals surface area contributed by atoms with E-state index in [2.05, 4.69) is 31.7 Å². The molecule has 4 nitrogen and oxygen atoms in total. The highest BCUT2D eigenvalue weighted by Gasteiger charge is 2.10. The molecule has 1 heterocycles. The molecule has 0 saturated heterocycles. The third-order valence-electron chi connectivity index (χ3n) is 3.67. The van der Waals surface area contributed by atoms with E-state index in [0.717, 1.165) is 21.3 Å². The number of nitrogens with zero attached hydrogens (tertiary/aromatic N) is 2. The fraction of sp³-hybridized carbons (Fsp3) is 0.111. The van der Waals surface area contributed by atoms with E-state index >= 15 is 0 Å². The maximum atomic E-state index is 6.21. The fourth-order valence-corrected chi connectivity index (χ4v) is 3.31. The Labute approximate surface area is 175 Å². The van der Waals surface area contributed by atoms with E-state index in [1.165, 1.54) is 0 Å². The van der Waals surface area contributed by atoms with Crippen molar-refractivity contribution >= 4 is 68.0 Å². The molecule has 134 valence electrons. The van der Waals surface area contributed by atoms with E-state index in [0.29, 0.717) is 27.5 Å². The summed E-state index contributed by atoms with van der Waals surface area (Å²) >= 11 is 21.2. The van der Waals surface area contributed by atoms with Crippen LogP contribution in [0.15, 0.2) is 53.1 Å². The molecule has 2 aromatic carbocycles. The van der Waals surface area contributed by atoms with Crippen molar-refractivity contribution in [1.82, 2.24) is 9.78 Å². The van der Waals surface area contributed by atoms with Gasteiger partial charge in [-0.25, -0.2) is 0 Å². The van der Waals surface area contributed by atoms with Crippen LogP contribution in [-0.4, -0.2) is 14.9 Å². The van der Waals surface area contributed by atoms with Crippen LogP contribution in [0.1, 0.15) is 11.1 Å². The van der Waals surface area contributed by atoms with Crippen molar-refractivity contribution in [3.63, 3.8) is 0 Å². The zero-order valence-electron chi connectivity index (χ0n) is 13.8. The molecule has 0 aliphatic carbocycles. The average molecular weight is 470 g/mol. The van der Waals surface area contributed by atoms with E-state index < -0.39 is 0 Å². The molecule has 0 fully saturated rings. The van der Waals surface area contributed by atoms with Crippen LogP contribution in [0.2, 0.25) is 10.0 Å². The van der Waals surface area contributed by atoms with Crippen LogP contribution >= 0.6 is 51.3 Å². The van der Waals surface area contributed by atoms with E-state index in [1.54, 1.807) is 4.68 Å². The highest BCUT2D eigenvalue weighted by Crippen LogP contribution is 2.24. The van der Waals surface area contributed by atoms with E-state index in [9.17, 15) is 0 Å². The second kappa shape index (κ2) is 8.39. The number of hydrogen-bond acceptors (Lipinski definition) is 2. The molecule has 0 unspecified atom stereocenters. The lowest BCUT2D eigenvalue weighted by Crippen LogP contribution is -2.19. The molecule has 0 spiro atoms. The van der Waals surface area contributed by atoms with Crippen LogP contribution < -0.4 is 10.6 Å². The van der Waals surface area contributed by atoms with Crippen LogP contribution in [0.5, 0.6) is 0 Å². The maximum absolute atomic E-state index is 6.21. The minimum atomic E-state index is 0.425. The summed E-state index contributed by atoms with van der Waals surface area (Å²) in [5.74, 6) is 0.618. The predicted octanol–water partition coefficient (Wildman–Crippen LogP) is 6.12. The van der Waals surface area contributed by atoms with E-state index in [4.69, 9.17) is 35.4 Å². The fourth-order valence-electron chi connectivity index (χ4n) is 2.30. The van der Waals surface area contributed by atoms with Crippen molar-refractivity contribution in [3.05, 3.63) is 74.3 Å². The molecule has 0 aliphatic heterocycles. The zero-order valence-corrected chi connectivity index (χ0v) is 17.7. The Hall–Kier alpha value is -1.60. The van der Waals surface area contributed by atoms with Gasteiger partial charge in [-0.1, -0.05) is 47.5 Å². The maximum Gasteiger partial charge on any atom is 0.176 e. The Bertz CT molecular complexity index is 958. The lowest BCUT2D eigenvalue weighted by molar-refractivity contribution is 0.690. The molecule has 2 N–H and O–H groups in total. The Kier molecular flexibility index (Phi) is 6.19. The summed E-state index contributed by atoms with van der Waals surface area (Å²) in [4.78, 5) is 0. The number of nitrogens with one attached hydrogen (secondary N) is 2. The zero-order chi connectivity index (χ0) is 18.7. The highest BCUT2D eigenvalue weighted by atomic mass is 79.9. The summed E-state index contributed by atoms with van der Waals surface area (Å²) in [6.45, 7) is 2.51. The van der Waals surface area contributed by atoms with Gasteiger partial charge in [0.15, 0.2) is 10.9 Å². The van der Waals surface area contributed by atoms with Crippen molar-refractivity contribution in [2.24, 2.45) is 0 Å². The highest BCUT2D eigenvalue weighted by molar-refractivity contribution is 9.10. The first-order valence-corrected chi connectivity index (χ1v) is 9.68. The summed E-state index contributed by atoms with van der Waals surface area (Å²) in [5.41, 5.74) is 2.81. The first-order valence-electron chi connectivity index (χ1n) is 7.73. The van der Waals surface area contributed by atoms with Crippen LogP contribution in [0.4, 0.5) is 11.5 Å². The monoisotopic (exact) mass is 468 g/mol. The number of rotatable bonds is 4. The topological polar surface area (TPSA) is 41.9 Å². The number of anilines is 2. The second-order valence-electron chi connectivity index (χ2n) is 5.66. The first-order chi connectivity index (χ1) is 12.4. The third kappa shape index (κ3) is 4.76. The summed E-state index contributed by atoms with van der Waals surface area (Å²) in [7, 11) is 0. The minimum absolute atomic E-state index is 0.425. The van der Waals surface area contributed by atoms with Crippen molar-refractivity contribution < 1.29 is 0 Å². The number of hydrogen-bond donors (Lipinski definition) is 2. The largest absolute Gasteiger partial charge is 0.332 e. The lowest BCUT2D eigenvalue weighted by Gasteiger charge is -2.10. The average Bonchev–Trinajstić information content (AvgIpc) is 2.92. The lowest BCUT2D eigenvalue weighted by atomic mass is 10.2. The summed E-state index contributed by atoms with van der Waals surface area (Å²) < 4.78 is 2.59. The summed E-state index contributed by atoms with van der Waals surface area (Å²) in [5, 5.41) is 12.5. The van der Waals surface area contributed by atoms with Crippen LogP contribution in [0.3, 0.4) is 0 Å². The van der Waals surface area contributed by atoms with Gasteiger partial charge < -0.3 is 10.6 Å². The normalized spacial score (nSPS) is 10.6. The van der Waals surface area contributed by atoms with Gasteiger partial charge in [-0.05, 0) is 64.4 Å². The molecule has 0 atom stereocenters. The molecule has 3 aromatic rings. The third-order valence-corrected chi connectivity index (χ3v) is 5.23. The van der Waals surface area contributed by atoms with Crippen LogP contribution in [-0.2, 0) is 6.54 Å². The minimum Gasteiger partial charge on any atom is -0.332 e. The van der Waals surface area contributed by atoms with Crippen molar-refractivity contribution in [1.29, 1.82) is 0 Å². The number of thiocarbonyl (C=S) groups is 1. The first kappa shape index (κ1) is 19.2. The molecule has 0 bridgehead atoms. The van der Waals surface area contributed by atoms with Gasteiger partial charge in [0.1, 0.15) is 0 Å². The summed E-state index contributed by atoms with van der Waals surface area (Å²) in [6.07, 6.45) is 1.87. The van der Waals surface area contributed by atoms with Gasteiger partial charge in [0.05, 0.1) is 11.0 Å². The second-order valence-corrected chi connectivity index (χ2v) is 7.73. The molecular weight excluding hydrogens is 455 g/mol. The van der Waals surface area contributed by atoms with Crippen molar-refractivity contribution in [2.75, 3.05) is 10.6 Å². The van der Waals surface area contributed by atoms with Gasteiger partial charge in [0.2, 0.25) is 0 Å². The Morgan fingerprint density at radius 3 is 2.65 bits per heavy atom. The Morgan fingerprint density at radius 2 is 1.92 bits per heavy atom. The van der Waals surface area contributed by atoms with Crippen LogP contribution in [0.25, 0.3) is 0 Å². The Morgan fingerprint density at radius 1 is 1.15 bits per heavy atom. The number of benzene rings is 2. The standard InChI is InChI=1S/C18H15BrCl2N4S/c1-11-6-7-13(8-16(11)21)22-18(26)23-17-14(19)10-25(24-17)9-12-4-2-3-5-15(12)20/h2-8,10H,9H2,1H3,(H2,22,23,24,26). The molecule has 1 aromatic heterocycles. The van der Waals surface area contributed by atoms with Gasteiger partial charge in [0, 0.05) is 21.9 Å². The quantitative estimate of drug-likeness (QED) is 0.451. The van der Waals surface area contributed by atoms with Crippen molar-refractivity contribution in [2.45, 2.75) is 13.5 Å². The summed E-state index contributed by atoms with van der Waals surface area (Å²) in [6, 6.07) is 13.4. The molecule has 0 saturated carbocycles. The van der Waals surface area contributed by atoms with Crippen LogP contribution in [0, 0.1) is 6.92 Å². The Balaban J connectivity index is 1.68. The van der Waals surface area contributed by atoms with Gasteiger partial charge in [-0.2, -0.15) is 5.10 Å². The van der Waals surface area contributed by atoms with Gasteiger partial charge >= 0.3 is 0 Å². The molecular formula is C18H15BrCl2N4S. The number of halogens is 3. The molecule has 8 heteroatoms. The molecule has 26 heavy (non-hydrogen) atoms. The number of aromatic nitrogens is 2. The van der Waals surface area contributed by atoms with Gasteiger partial charge in [0.25, 0.3) is 0 Å². The SMILES string of the molecule is Cc1ccc(NC(=S)Nc2nn(Cc3ccccc3Cl)cc2Br)cc1Cl. The van der Waals surface area contributed by atoms with Crippen molar-refractivity contribution in [3.8, 4) is 0 Å². The number of aryl methyl sites for hydroxylation is 1. The van der Waals surface area contributed by atoms with Gasteiger partial charge in [-0.15, -0.1) is 0 Å².